The molecule has 0 saturated heterocycles. The van der Waals surface area contributed by atoms with Gasteiger partial charge in [-0.3, -0.25) is 4.79 Å². The van der Waals surface area contributed by atoms with Crippen molar-refractivity contribution in [3.63, 3.8) is 0 Å². The van der Waals surface area contributed by atoms with Crippen LogP contribution in [0.15, 0.2) is 23.3 Å². The summed E-state index contributed by atoms with van der Waals surface area (Å²) in [6.45, 7) is 5.86. The molecule has 1 saturated carbocycles. The van der Waals surface area contributed by atoms with E-state index in [4.69, 9.17) is 16.3 Å². The molecule has 1 aliphatic rings. The number of nitrogens with one attached hydrogen (secondary N) is 1. The van der Waals surface area contributed by atoms with Gasteiger partial charge in [0.15, 0.2) is 6.10 Å². The molecule has 1 aliphatic carbocycles. The smallest absolute Gasteiger partial charge is 0.280 e. The van der Waals surface area contributed by atoms with Crippen molar-refractivity contribution in [1.29, 1.82) is 0 Å². The second-order valence-corrected chi connectivity index (χ2v) is 6.44. The van der Waals surface area contributed by atoms with Crippen LogP contribution in [0.5, 0.6) is 5.75 Å². The third-order valence-electron chi connectivity index (χ3n) is 3.99. The first-order chi connectivity index (χ1) is 10.5. The van der Waals surface area contributed by atoms with Crippen LogP contribution in [-0.4, -0.2) is 17.7 Å². The van der Waals surface area contributed by atoms with Crippen LogP contribution in [0.4, 0.5) is 0 Å². The Kier molecular flexibility index (Phi) is 5.83. The highest BCUT2D eigenvalue weighted by molar-refractivity contribution is 6.30. The quantitative estimate of drug-likeness (QED) is 0.848. The molecular formula is C17H23ClN2O2. The summed E-state index contributed by atoms with van der Waals surface area (Å²) in [5.41, 5.74) is 4.59. The zero-order chi connectivity index (χ0) is 16.1. The average Bonchev–Trinajstić information content (AvgIpc) is 2.49. The lowest BCUT2D eigenvalue weighted by Gasteiger charge is -2.19. The maximum Gasteiger partial charge on any atom is 0.280 e. The fraction of sp³-hybridized carbons (Fsp3) is 0.529. The summed E-state index contributed by atoms with van der Waals surface area (Å²) in [7, 11) is 0. The van der Waals surface area contributed by atoms with E-state index in [0.29, 0.717) is 10.8 Å². The number of aryl methyl sites for hydroxylation is 1. The van der Waals surface area contributed by atoms with E-state index in [-0.39, 0.29) is 5.91 Å². The molecule has 0 bridgehead atoms. The molecule has 1 unspecified atom stereocenters. The van der Waals surface area contributed by atoms with Gasteiger partial charge in [0, 0.05) is 10.7 Å². The van der Waals surface area contributed by atoms with Crippen molar-refractivity contribution in [2.24, 2.45) is 11.0 Å². The zero-order valence-electron chi connectivity index (χ0n) is 13.4. The maximum absolute atomic E-state index is 12.1. The van der Waals surface area contributed by atoms with Crippen LogP contribution in [-0.2, 0) is 4.79 Å². The fourth-order valence-corrected chi connectivity index (χ4v) is 2.65. The molecule has 1 N–H and O–H groups in total. The molecule has 5 heteroatoms. The Morgan fingerprint density at radius 3 is 2.73 bits per heavy atom. The molecule has 1 atom stereocenters. The van der Waals surface area contributed by atoms with E-state index in [1.807, 2.05) is 13.0 Å². The molecule has 4 nitrogen and oxygen atoms in total. The highest BCUT2D eigenvalue weighted by Gasteiger charge is 2.17. The number of benzene rings is 1. The summed E-state index contributed by atoms with van der Waals surface area (Å²) < 4.78 is 5.68. The summed E-state index contributed by atoms with van der Waals surface area (Å²) in [5, 5.41) is 4.89. The lowest BCUT2D eigenvalue weighted by atomic mass is 9.90. The molecule has 0 aromatic heterocycles. The van der Waals surface area contributed by atoms with Crippen molar-refractivity contribution in [3.8, 4) is 5.75 Å². The normalized spacial score (nSPS) is 19.5. The Labute approximate surface area is 136 Å². The predicted octanol–water partition coefficient (Wildman–Crippen LogP) is 4.10. The molecule has 120 valence electrons. The van der Waals surface area contributed by atoms with Crippen LogP contribution in [0.2, 0.25) is 5.02 Å². The number of carbonyl (C=O) groups excluding carboxylic acids is 1. The third-order valence-corrected chi connectivity index (χ3v) is 4.22. The van der Waals surface area contributed by atoms with Crippen LogP contribution in [0.3, 0.4) is 0 Å². The van der Waals surface area contributed by atoms with Crippen LogP contribution in [0.25, 0.3) is 0 Å². The first kappa shape index (κ1) is 16.8. The van der Waals surface area contributed by atoms with Crippen molar-refractivity contribution in [2.45, 2.75) is 52.6 Å². The first-order valence-corrected chi connectivity index (χ1v) is 8.11. The van der Waals surface area contributed by atoms with Crippen LogP contribution >= 0.6 is 11.6 Å². The number of halogens is 1. The fourth-order valence-electron chi connectivity index (χ4n) is 2.42. The van der Waals surface area contributed by atoms with E-state index in [2.05, 4.69) is 17.5 Å². The van der Waals surface area contributed by atoms with E-state index in [0.717, 1.165) is 42.9 Å². The molecule has 0 aliphatic heterocycles. The van der Waals surface area contributed by atoms with Crippen LogP contribution in [0, 0.1) is 12.8 Å². The number of nitrogens with zero attached hydrogens (tertiary/aromatic N) is 1. The minimum atomic E-state index is -0.605. The van der Waals surface area contributed by atoms with Gasteiger partial charge >= 0.3 is 0 Å². The molecule has 1 aromatic carbocycles. The van der Waals surface area contributed by atoms with E-state index >= 15 is 0 Å². The van der Waals surface area contributed by atoms with Crippen molar-refractivity contribution in [3.05, 3.63) is 28.8 Å². The number of hydrazone groups is 1. The lowest BCUT2D eigenvalue weighted by molar-refractivity contribution is -0.127. The number of amides is 1. The largest absolute Gasteiger partial charge is 0.481 e. The van der Waals surface area contributed by atoms with Gasteiger partial charge in [-0.1, -0.05) is 18.5 Å². The minimum Gasteiger partial charge on any atom is -0.481 e. The third kappa shape index (κ3) is 4.73. The van der Waals surface area contributed by atoms with Gasteiger partial charge < -0.3 is 4.74 Å². The molecule has 1 fully saturated rings. The maximum atomic E-state index is 12.1. The monoisotopic (exact) mass is 322 g/mol. The second kappa shape index (κ2) is 7.63. The molecule has 0 spiro atoms. The van der Waals surface area contributed by atoms with E-state index in [9.17, 15) is 4.79 Å². The number of rotatable bonds is 4. The van der Waals surface area contributed by atoms with Crippen LogP contribution < -0.4 is 10.2 Å². The Hall–Kier alpha value is -1.55. The number of carbonyl (C=O) groups is 1. The molecular weight excluding hydrogens is 300 g/mol. The van der Waals surface area contributed by atoms with Crippen molar-refractivity contribution < 1.29 is 9.53 Å². The summed E-state index contributed by atoms with van der Waals surface area (Å²) in [6.07, 6.45) is 3.61. The summed E-state index contributed by atoms with van der Waals surface area (Å²) in [6, 6.07) is 5.33. The topological polar surface area (TPSA) is 50.7 Å². The molecule has 1 amide bonds. The number of hydrogen-bond acceptors (Lipinski definition) is 3. The molecule has 0 radical (unpaired) electrons. The van der Waals surface area contributed by atoms with E-state index < -0.39 is 6.10 Å². The minimum absolute atomic E-state index is 0.236. The molecule has 22 heavy (non-hydrogen) atoms. The predicted molar refractivity (Wildman–Crippen MR) is 89.5 cm³/mol. The summed E-state index contributed by atoms with van der Waals surface area (Å²) in [4.78, 5) is 12.1. The Balaban J connectivity index is 1.88. The van der Waals surface area contributed by atoms with Crippen molar-refractivity contribution >= 4 is 23.2 Å². The number of hydrogen-bond donors (Lipinski definition) is 1. The van der Waals surface area contributed by atoms with Gasteiger partial charge in [-0.25, -0.2) is 5.43 Å². The van der Waals surface area contributed by atoms with E-state index in [1.54, 1.807) is 19.1 Å². The Bertz CT molecular complexity index is 562. The van der Waals surface area contributed by atoms with Gasteiger partial charge in [-0.15, -0.1) is 0 Å². The SMILES string of the molecule is Cc1cc(Cl)ccc1OC(C)C(=O)NN=C1CCC(C)CC1. The standard InChI is InChI=1S/C17H23ClN2O2/c1-11-4-7-15(8-5-11)19-20-17(21)13(3)22-16-9-6-14(18)10-12(16)2/h6,9-11,13H,4-5,7-8H2,1-3H3,(H,20,21). The molecule has 1 aromatic rings. The van der Waals surface area contributed by atoms with Gasteiger partial charge in [0.05, 0.1) is 0 Å². The average molecular weight is 323 g/mol. The van der Waals surface area contributed by atoms with Gasteiger partial charge in [0.1, 0.15) is 5.75 Å². The lowest BCUT2D eigenvalue weighted by Crippen LogP contribution is -2.34. The Morgan fingerprint density at radius 1 is 1.41 bits per heavy atom. The van der Waals surface area contributed by atoms with Crippen molar-refractivity contribution in [2.75, 3.05) is 0 Å². The number of ether oxygens (including phenoxy) is 1. The summed E-state index contributed by atoms with van der Waals surface area (Å²) in [5.74, 6) is 1.18. The van der Waals surface area contributed by atoms with Gasteiger partial charge in [-0.2, -0.15) is 5.10 Å². The highest BCUT2D eigenvalue weighted by Crippen LogP contribution is 2.23. The van der Waals surface area contributed by atoms with Gasteiger partial charge in [0.2, 0.25) is 0 Å². The summed E-state index contributed by atoms with van der Waals surface area (Å²) >= 11 is 5.91. The zero-order valence-corrected chi connectivity index (χ0v) is 14.1. The molecule has 2 rings (SSSR count). The highest BCUT2D eigenvalue weighted by atomic mass is 35.5. The van der Waals surface area contributed by atoms with Gasteiger partial charge in [-0.05, 0) is 69.2 Å². The van der Waals surface area contributed by atoms with Crippen molar-refractivity contribution in [1.82, 2.24) is 5.43 Å². The second-order valence-electron chi connectivity index (χ2n) is 6.01. The Morgan fingerprint density at radius 2 is 2.09 bits per heavy atom. The first-order valence-electron chi connectivity index (χ1n) is 7.74. The van der Waals surface area contributed by atoms with Gasteiger partial charge in [0.25, 0.3) is 5.91 Å². The van der Waals surface area contributed by atoms with E-state index in [1.165, 1.54) is 0 Å². The molecule has 0 heterocycles. The van der Waals surface area contributed by atoms with Crippen LogP contribution in [0.1, 0.15) is 45.1 Å².